The van der Waals surface area contributed by atoms with Crippen LogP contribution in [0.3, 0.4) is 0 Å². The maximum absolute atomic E-state index is 5.99. The molecule has 0 saturated carbocycles. The van der Waals surface area contributed by atoms with Gasteiger partial charge in [-0.25, -0.2) is 0 Å². The summed E-state index contributed by atoms with van der Waals surface area (Å²) in [5, 5.41) is 3.44. The summed E-state index contributed by atoms with van der Waals surface area (Å²) in [6.45, 7) is 8.09. The summed E-state index contributed by atoms with van der Waals surface area (Å²) in [7, 11) is 1.68. The van der Waals surface area contributed by atoms with E-state index < -0.39 is 0 Å². The highest BCUT2D eigenvalue weighted by Gasteiger charge is 2.09. The molecule has 0 aliphatic carbocycles. The highest BCUT2D eigenvalue weighted by molar-refractivity contribution is 5.26. The lowest BCUT2D eigenvalue weighted by atomic mass is 10.2. The van der Waals surface area contributed by atoms with Gasteiger partial charge in [-0.1, -0.05) is 39.3 Å². The fourth-order valence-electron chi connectivity index (χ4n) is 1.87. The lowest BCUT2D eigenvalue weighted by Crippen LogP contribution is -2.33. The van der Waals surface area contributed by atoms with Crippen molar-refractivity contribution in [3.8, 4) is 5.75 Å². The van der Waals surface area contributed by atoms with Crippen LogP contribution in [0.1, 0.15) is 39.2 Å². The molecule has 1 unspecified atom stereocenters. The summed E-state index contributed by atoms with van der Waals surface area (Å²) in [6.07, 6.45) is 2.53. The first-order chi connectivity index (χ1) is 9.15. The Hall–Kier alpha value is -1.06. The first-order valence-electron chi connectivity index (χ1n) is 7.13. The van der Waals surface area contributed by atoms with Gasteiger partial charge in [0, 0.05) is 12.6 Å². The second-order valence-corrected chi connectivity index (χ2v) is 5.13. The number of ether oxygens (including phenoxy) is 2. The fraction of sp³-hybridized carbons (Fsp3) is 0.625. The van der Waals surface area contributed by atoms with E-state index in [1.165, 1.54) is 5.56 Å². The van der Waals surface area contributed by atoms with Crippen LogP contribution < -0.4 is 10.1 Å². The zero-order valence-corrected chi connectivity index (χ0v) is 12.6. The van der Waals surface area contributed by atoms with Crippen molar-refractivity contribution in [3.05, 3.63) is 29.8 Å². The van der Waals surface area contributed by atoms with Gasteiger partial charge in [-0.05, 0) is 24.1 Å². The molecule has 0 radical (unpaired) electrons. The highest BCUT2D eigenvalue weighted by Crippen LogP contribution is 2.13. The highest BCUT2D eigenvalue weighted by atomic mass is 16.5. The molecule has 1 aromatic carbocycles. The molecule has 0 aliphatic heterocycles. The fourth-order valence-corrected chi connectivity index (χ4v) is 1.87. The van der Waals surface area contributed by atoms with Crippen LogP contribution in [-0.4, -0.2) is 25.8 Å². The van der Waals surface area contributed by atoms with Crippen LogP contribution in [0.5, 0.6) is 5.75 Å². The number of hydrogen-bond donors (Lipinski definition) is 1. The summed E-state index contributed by atoms with van der Waals surface area (Å²) in [5.41, 5.74) is 1.19. The van der Waals surface area contributed by atoms with Crippen LogP contribution in [0.4, 0.5) is 0 Å². The smallest absolute Gasteiger partial charge is 0.118 e. The molecule has 19 heavy (non-hydrogen) atoms. The van der Waals surface area contributed by atoms with Gasteiger partial charge in [0.05, 0.1) is 19.8 Å². The van der Waals surface area contributed by atoms with Gasteiger partial charge in [-0.3, -0.25) is 0 Å². The molecule has 0 aliphatic rings. The topological polar surface area (TPSA) is 30.5 Å². The zero-order chi connectivity index (χ0) is 14.1. The first-order valence-corrected chi connectivity index (χ1v) is 7.13. The van der Waals surface area contributed by atoms with Crippen molar-refractivity contribution < 1.29 is 9.47 Å². The summed E-state index contributed by atoms with van der Waals surface area (Å²) < 4.78 is 11.1. The van der Waals surface area contributed by atoms with Gasteiger partial charge < -0.3 is 14.8 Å². The second kappa shape index (κ2) is 8.94. The van der Waals surface area contributed by atoms with Crippen LogP contribution in [0.15, 0.2) is 24.3 Å². The second-order valence-electron chi connectivity index (χ2n) is 5.13. The molecule has 3 nitrogen and oxygen atoms in total. The minimum Gasteiger partial charge on any atom is -0.497 e. The van der Waals surface area contributed by atoms with Gasteiger partial charge in [0.25, 0.3) is 0 Å². The van der Waals surface area contributed by atoms with E-state index in [1.807, 2.05) is 12.1 Å². The predicted octanol–water partition coefficient (Wildman–Crippen LogP) is 3.38. The molecule has 1 rings (SSSR count). The van der Waals surface area contributed by atoms with Gasteiger partial charge in [0.15, 0.2) is 0 Å². The number of nitrogens with one attached hydrogen (secondary N) is 1. The molecule has 0 spiro atoms. The van der Waals surface area contributed by atoms with Crippen molar-refractivity contribution in [2.45, 2.75) is 52.4 Å². The molecule has 1 atom stereocenters. The van der Waals surface area contributed by atoms with Crippen LogP contribution >= 0.6 is 0 Å². The number of methoxy groups -OCH3 is 1. The van der Waals surface area contributed by atoms with E-state index in [9.17, 15) is 0 Å². The van der Waals surface area contributed by atoms with Crippen molar-refractivity contribution in [2.75, 3.05) is 13.7 Å². The van der Waals surface area contributed by atoms with E-state index in [4.69, 9.17) is 9.47 Å². The van der Waals surface area contributed by atoms with Gasteiger partial charge in [-0.2, -0.15) is 0 Å². The van der Waals surface area contributed by atoms with Crippen LogP contribution in [0, 0.1) is 0 Å². The van der Waals surface area contributed by atoms with Crippen LogP contribution in [0.2, 0.25) is 0 Å². The summed E-state index contributed by atoms with van der Waals surface area (Å²) in [5.74, 6) is 0.885. The molecule has 0 aromatic heterocycles. The normalized spacial score (nSPS) is 12.7. The van der Waals surface area contributed by atoms with Crippen molar-refractivity contribution in [1.29, 1.82) is 0 Å². The van der Waals surface area contributed by atoms with Crippen molar-refractivity contribution in [1.82, 2.24) is 5.32 Å². The van der Waals surface area contributed by atoms with E-state index in [0.717, 1.165) is 25.1 Å². The molecule has 1 N–H and O–H groups in total. The molecule has 0 amide bonds. The molecule has 0 bridgehead atoms. The third-order valence-corrected chi connectivity index (χ3v) is 3.01. The largest absolute Gasteiger partial charge is 0.497 e. The Morgan fingerprint density at radius 3 is 2.37 bits per heavy atom. The monoisotopic (exact) mass is 265 g/mol. The minimum absolute atomic E-state index is 0.287. The number of hydrogen-bond acceptors (Lipinski definition) is 3. The summed E-state index contributed by atoms with van der Waals surface area (Å²) in [4.78, 5) is 0. The van der Waals surface area contributed by atoms with Crippen molar-refractivity contribution in [3.63, 3.8) is 0 Å². The van der Waals surface area contributed by atoms with Crippen molar-refractivity contribution >= 4 is 0 Å². The Morgan fingerprint density at radius 2 is 1.84 bits per heavy atom. The Bertz CT molecular complexity index is 335. The van der Waals surface area contributed by atoms with Gasteiger partial charge in [0.1, 0.15) is 5.75 Å². The Labute approximate surface area is 117 Å². The minimum atomic E-state index is 0.287. The Balaban J connectivity index is 2.40. The molecule has 0 fully saturated rings. The first kappa shape index (κ1) is 16.0. The van der Waals surface area contributed by atoms with Crippen molar-refractivity contribution in [2.24, 2.45) is 0 Å². The van der Waals surface area contributed by atoms with Gasteiger partial charge >= 0.3 is 0 Å². The quantitative estimate of drug-likeness (QED) is 0.742. The SMILES string of the molecule is CCCC(CNC(C)C)OCc1ccc(OC)cc1. The average Bonchev–Trinajstić information content (AvgIpc) is 2.42. The average molecular weight is 265 g/mol. The third kappa shape index (κ3) is 6.60. The third-order valence-electron chi connectivity index (χ3n) is 3.01. The molecule has 3 heteroatoms. The number of benzene rings is 1. The zero-order valence-electron chi connectivity index (χ0n) is 12.6. The van der Waals surface area contributed by atoms with Crippen LogP contribution in [0.25, 0.3) is 0 Å². The Kier molecular flexibility index (Phi) is 7.53. The molecule has 108 valence electrons. The summed E-state index contributed by atoms with van der Waals surface area (Å²) >= 11 is 0. The van der Waals surface area contributed by atoms with E-state index in [0.29, 0.717) is 12.6 Å². The molecular weight excluding hydrogens is 238 g/mol. The number of rotatable bonds is 9. The summed E-state index contributed by atoms with van der Waals surface area (Å²) in [6, 6.07) is 8.55. The maximum Gasteiger partial charge on any atom is 0.118 e. The standard InChI is InChI=1S/C16H27NO2/c1-5-6-16(11-17-13(2)3)19-12-14-7-9-15(18-4)10-8-14/h7-10,13,16-17H,5-6,11-12H2,1-4H3. The van der Waals surface area contributed by atoms with Gasteiger partial charge in [0.2, 0.25) is 0 Å². The Morgan fingerprint density at radius 1 is 1.16 bits per heavy atom. The van der Waals surface area contributed by atoms with E-state index >= 15 is 0 Å². The molecular formula is C16H27NO2. The molecule has 0 saturated heterocycles. The van der Waals surface area contributed by atoms with E-state index in [2.05, 4.69) is 38.2 Å². The maximum atomic E-state index is 5.99. The van der Waals surface area contributed by atoms with E-state index in [-0.39, 0.29) is 6.10 Å². The molecule has 0 heterocycles. The molecule has 1 aromatic rings. The van der Waals surface area contributed by atoms with Crippen LogP contribution in [-0.2, 0) is 11.3 Å². The lowest BCUT2D eigenvalue weighted by molar-refractivity contribution is 0.0336. The predicted molar refractivity (Wildman–Crippen MR) is 79.6 cm³/mol. The van der Waals surface area contributed by atoms with Gasteiger partial charge in [-0.15, -0.1) is 0 Å². The van der Waals surface area contributed by atoms with E-state index in [1.54, 1.807) is 7.11 Å². The lowest BCUT2D eigenvalue weighted by Gasteiger charge is -2.19.